The molecular formula is C15H22N2O4. The van der Waals surface area contributed by atoms with Gasteiger partial charge in [-0.15, -0.1) is 0 Å². The van der Waals surface area contributed by atoms with E-state index in [1.807, 2.05) is 0 Å². The lowest BCUT2D eigenvalue weighted by atomic mass is 10.0. The predicted molar refractivity (Wildman–Crippen MR) is 79.1 cm³/mol. The van der Waals surface area contributed by atoms with Crippen molar-refractivity contribution in [3.8, 4) is 5.75 Å². The van der Waals surface area contributed by atoms with Crippen LogP contribution in [0.5, 0.6) is 5.75 Å². The average molecular weight is 294 g/mol. The Hall–Kier alpha value is -1.66. The Labute approximate surface area is 124 Å². The third-order valence-electron chi connectivity index (χ3n) is 3.97. The highest BCUT2D eigenvalue weighted by molar-refractivity contribution is 5.48. The summed E-state index contributed by atoms with van der Waals surface area (Å²) in [4.78, 5) is 10.5. The van der Waals surface area contributed by atoms with Gasteiger partial charge in [-0.1, -0.05) is 31.7 Å². The van der Waals surface area contributed by atoms with E-state index in [1.165, 1.54) is 18.9 Å². The fraction of sp³-hybridized carbons (Fsp3) is 0.600. The predicted octanol–water partition coefficient (Wildman–Crippen LogP) is 2.37. The first-order chi connectivity index (χ1) is 10.1. The second kappa shape index (κ2) is 7.38. The third-order valence-corrected chi connectivity index (χ3v) is 3.97. The summed E-state index contributed by atoms with van der Waals surface area (Å²) in [6, 6.07) is 4.66. The molecule has 1 unspecified atom stereocenters. The quantitative estimate of drug-likeness (QED) is 0.594. The third kappa shape index (κ3) is 4.41. The molecule has 0 aliphatic heterocycles. The van der Waals surface area contributed by atoms with Crippen molar-refractivity contribution in [1.82, 2.24) is 0 Å². The molecule has 0 bridgehead atoms. The topological polar surface area (TPSA) is 98.6 Å². The van der Waals surface area contributed by atoms with Crippen LogP contribution in [0.4, 0.5) is 5.69 Å². The van der Waals surface area contributed by atoms with Gasteiger partial charge in [0.1, 0.15) is 6.61 Å². The molecule has 0 heterocycles. The molecule has 0 radical (unpaired) electrons. The lowest BCUT2D eigenvalue weighted by Crippen LogP contribution is -2.20. The summed E-state index contributed by atoms with van der Waals surface area (Å²) >= 11 is 0. The van der Waals surface area contributed by atoms with Crippen LogP contribution in [0.3, 0.4) is 0 Å². The van der Waals surface area contributed by atoms with Crippen LogP contribution >= 0.6 is 0 Å². The summed E-state index contributed by atoms with van der Waals surface area (Å²) in [6.45, 7) is 0.324. The van der Waals surface area contributed by atoms with Crippen LogP contribution in [0.1, 0.15) is 37.7 Å². The summed E-state index contributed by atoms with van der Waals surface area (Å²) < 4.78 is 5.44. The van der Waals surface area contributed by atoms with Gasteiger partial charge < -0.3 is 15.6 Å². The Kier molecular flexibility index (Phi) is 5.52. The van der Waals surface area contributed by atoms with Crippen molar-refractivity contribution in [2.24, 2.45) is 11.7 Å². The molecule has 1 aromatic rings. The van der Waals surface area contributed by atoms with Crippen molar-refractivity contribution >= 4 is 5.69 Å². The van der Waals surface area contributed by atoms with Gasteiger partial charge in [-0.25, -0.2) is 0 Å². The maximum Gasteiger partial charge on any atom is 0.311 e. The molecule has 6 nitrogen and oxygen atoms in total. The number of nitrogens with zero attached hydrogens (tertiary/aromatic N) is 1. The molecule has 0 spiro atoms. The number of benzene rings is 1. The molecule has 1 aromatic carbocycles. The minimum atomic E-state index is -0.582. The number of hydrogen-bond donors (Lipinski definition) is 2. The highest BCUT2D eigenvalue weighted by atomic mass is 16.6. The molecule has 1 saturated carbocycles. The van der Waals surface area contributed by atoms with Crippen molar-refractivity contribution in [2.75, 3.05) is 6.61 Å². The van der Waals surface area contributed by atoms with Gasteiger partial charge in [-0.05, 0) is 24.0 Å². The van der Waals surface area contributed by atoms with Crippen LogP contribution in [-0.4, -0.2) is 22.7 Å². The number of nitro benzene ring substituents is 1. The Morgan fingerprint density at radius 3 is 2.76 bits per heavy atom. The lowest BCUT2D eigenvalue weighted by Gasteiger charge is -2.16. The number of aliphatic hydroxyl groups excluding tert-OH is 1. The summed E-state index contributed by atoms with van der Waals surface area (Å²) in [6.07, 6.45) is 4.88. The smallest absolute Gasteiger partial charge is 0.311 e. The first-order valence-corrected chi connectivity index (χ1v) is 7.38. The summed E-state index contributed by atoms with van der Waals surface area (Å²) in [5.41, 5.74) is 6.05. The Bertz CT molecular complexity index is 487. The van der Waals surface area contributed by atoms with Crippen LogP contribution in [0, 0.1) is 16.0 Å². The second-order valence-electron chi connectivity index (χ2n) is 5.61. The van der Waals surface area contributed by atoms with Crippen molar-refractivity contribution in [1.29, 1.82) is 0 Å². The van der Waals surface area contributed by atoms with Gasteiger partial charge >= 0.3 is 5.69 Å². The van der Waals surface area contributed by atoms with E-state index in [0.29, 0.717) is 17.9 Å². The van der Waals surface area contributed by atoms with Gasteiger partial charge in [0.2, 0.25) is 0 Å². The molecule has 0 aromatic heterocycles. The van der Waals surface area contributed by atoms with Crippen LogP contribution in [0.25, 0.3) is 0 Å². The molecule has 0 amide bonds. The first-order valence-electron chi connectivity index (χ1n) is 7.38. The highest BCUT2D eigenvalue weighted by Gasteiger charge is 2.21. The molecule has 3 N–H and O–H groups in total. The highest BCUT2D eigenvalue weighted by Crippen LogP contribution is 2.30. The average Bonchev–Trinajstić information content (AvgIpc) is 2.97. The summed E-state index contributed by atoms with van der Waals surface area (Å²) in [5.74, 6) is 0.737. The molecule has 1 atom stereocenters. The van der Waals surface area contributed by atoms with Gasteiger partial charge in [0.05, 0.1) is 11.0 Å². The molecule has 1 fully saturated rings. The zero-order chi connectivity index (χ0) is 15.2. The normalized spacial score (nSPS) is 16.9. The molecule has 116 valence electrons. The van der Waals surface area contributed by atoms with E-state index >= 15 is 0 Å². The largest absolute Gasteiger partial charge is 0.484 e. The van der Waals surface area contributed by atoms with Crippen molar-refractivity contribution in [2.45, 2.75) is 44.8 Å². The minimum absolute atomic E-state index is 0.0827. The lowest BCUT2D eigenvalue weighted by molar-refractivity contribution is -0.386. The van der Waals surface area contributed by atoms with Crippen LogP contribution < -0.4 is 10.5 Å². The van der Waals surface area contributed by atoms with E-state index in [9.17, 15) is 15.2 Å². The first kappa shape index (κ1) is 15.7. The molecule has 1 aliphatic carbocycles. The molecule has 21 heavy (non-hydrogen) atoms. The summed E-state index contributed by atoms with van der Waals surface area (Å²) in [7, 11) is 0. The fourth-order valence-corrected chi connectivity index (χ4v) is 2.84. The number of aliphatic hydroxyl groups is 1. The zero-order valence-electron chi connectivity index (χ0n) is 12.0. The van der Waals surface area contributed by atoms with E-state index in [4.69, 9.17) is 10.5 Å². The standard InChI is InChI=1S/C15H22N2O4/c16-9-12-5-6-15(14(8-12)17(19)20)21-10-13(18)7-11-3-1-2-4-11/h5-6,8,11,13,18H,1-4,7,9-10,16H2. The van der Waals surface area contributed by atoms with Gasteiger partial charge in [0, 0.05) is 12.6 Å². The van der Waals surface area contributed by atoms with Crippen LogP contribution in [0.2, 0.25) is 0 Å². The Morgan fingerprint density at radius 2 is 2.14 bits per heavy atom. The fourth-order valence-electron chi connectivity index (χ4n) is 2.84. The number of nitro groups is 1. The number of ether oxygens (including phenoxy) is 1. The van der Waals surface area contributed by atoms with Crippen molar-refractivity contribution in [3.05, 3.63) is 33.9 Å². The summed E-state index contributed by atoms with van der Waals surface area (Å²) in [5, 5.41) is 21.0. The minimum Gasteiger partial charge on any atom is -0.484 e. The van der Waals surface area contributed by atoms with E-state index < -0.39 is 11.0 Å². The van der Waals surface area contributed by atoms with Crippen LogP contribution in [0.15, 0.2) is 18.2 Å². The Morgan fingerprint density at radius 1 is 1.43 bits per heavy atom. The second-order valence-corrected chi connectivity index (χ2v) is 5.61. The molecular weight excluding hydrogens is 272 g/mol. The number of hydrogen-bond acceptors (Lipinski definition) is 5. The zero-order valence-corrected chi connectivity index (χ0v) is 12.0. The van der Waals surface area contributed by atoms with E-state index in [1.54, 1.807) is 12.1 Å². The number of rotatable bonds is 7. The van der Waals surface area contributed by atoms with Crippen molar-refractivity contribution < 1.29 is 14.8 Å². The molecule has 2 rings (SSSR count). The van der Waals surface area contributed by atoms with Gasteiger partial charge in [-0.3, -0.25) is 10.1 Å². The SMILES string of the molecule is NCc1ccc(OCC(O)CC2CCCC2)c([N+](=O)[O-])c1. The maximum absolute atomic E-state index is 11.0. The Balaban J connectivity index is 1.93. The monoisotopic (exact) mass is 294 g/mol. The van der Waals surface area contributed by atoms with E-state index in [2.05, 4.69) is 0 Å². The van der Waals surface area contributed by atoms with E-state index in [-0.39, 0.29) is 24.6 Å². The van der Waals surface area contributed by atoms with E-state index in [0.717, 1.165) is 12.8 Å². The van der Waals surface area contributed by atoms with Gasteiger partial charge in [-0.2, -0.15) is 0 Å². The van der Waals surface area contributed by atoms with Crippen LogP contribution in [-0.2, 0) is 6.54 Å². The van der Waals surface area contributed by atoms with Gasteiger partial charge in [0.15, 0.2) is 5.75 Å². The molecule has 6 heteroatoms. The number of nitrogens with two attached hydrogens (primary N) is 1. The maximum atomic E-state index is 11.0. The van der Waals surface area contributed by atoms with Crippen molar-refractivity contribution in [3.63, 3.8) is 0 Å². The van der Waals surface area contributed by atoms with Gasteiger partial charge in [0.25, 0.3) is 0 Å². The molecule has 0 saturated heterocycles. The molecule has 1 aliphatic rings.